The van der Waals surface area contributed by atoms with Gasteiger partial charge < -0.3 is 14.9 Å². The van der Waals surface area contributed by atoms with E-state index in [1.807, 2.05) is 4.98 Å². The molecular formula is C11H15FN2O5. The van der Waals surface area contributed by atoms with Crippen LogP contribution in [0.5, 0.6) is 0 Å². The summed E-state index contributed by atoms with van der Waals surface area (Å²) in [7, 11) is 0. The molecule has 1 fully saturated rings. The van der Waals surface area contributed by atoms with Gasteiger partial charge in [-0.05, 0) is 13.8 Å². The molecule has 1 aromatic rings. The average Bonchev–Trinajstić information content (AvgIpc) is 2.52. The zero-order valence-corrected chi connectivity index (χ0v) is 10.4. The van der Waals surface area contributed by atoms with E-state index in [-0.39, 0.29) is 0 Å². The molecule has 1 aliphatic heterocycles. The smallest absolute Gasteiger partial charge is 0.330 e. The number of hydrogen-bond donors (Lipinski definition) is 3. The van der Waals surface area contributed by atoms with Crippen LogP contribution in [0.3, 0.4) is 0 Å². The van der Waals surface area contributed by atoms with E-state index in [0.29, 0.717) is 0 Å². The largest absolute Gasteiger partial charge is 0.391 e. The Labute approximate surface area is 107 Å². The molecular weight excluding hydrogens is 259 g/mol. The fourth-order valence-electron chi connectivity index (χ4n) is 2.15. The average molecular weight is 274 g/mol. The summed E-state index contributed by atoms with van der Waals surface area (Å²) < 4.78 is 20.6. The van der Waals surface area contributed by atoms with Crippen LogP contribution in [0.25, 0.3) is 0 Å². The Balaban J connectivity index is 2.45. The van der Waals surface area contributed by atoms with E-state index < -0.39 is 41.5 Å². The van der Waals surface area contributed by atoms with E-state index in [4.69, 9.17) is 4.74 Å². The Kier molecular flexibility index (Phi) is 3.33. The molecule has 2 rings (SSSR count). The molecule has 0 saturated carbocycles. The highest BCUT2D eigenvalue weighted by atomic mass is 19.1. The molecule has 0 spiro atoms. The van der Waals surface area contributed by atoms with Gasteiger partial charge in [-0.2, -0.15) is 0 Å². The molecule has 2 heterocycles. The lowest BCUT2D eigenvalue weighted by atomic mass is 9.96. The first-order valence-corrected chi connectivity index (χ1v) is 5.77. The summed E-state index contributed by atoms with van der Waals surface area (Å²) in [6.45, 7) is 2.42. The molecule has 0 amide bonds. The minimum atomic E-state index is -2.27. The lowest BCUT2D eigenvalue weighted by Gasteiger charge is -2.24. The number of nitrogens with zero attached hydrogens (tertiary/aromatic N) is 1. The maximum Gasteiger partial charge on any atom is 0.330 e. The van der Waals surface area contributed by atoms with Gasteiger partial charge in [0.2, 0.25) is 0 Å². The number of H-pyrrole nitrogens is 1. The van der Waals surface area contributed by atoms with Gasteiger partial charge in [-0.1, -0.05) is 0 Å². The highest BCUT2D eigenvalue weighted by molar-refractivity contribution is 5.02. The third-order valence-corrected chi connectivity index (χ3v) is 3.24. The van der Waals surface area contributed by atoms with Crippen LogP contribution in [0.1, 0.15) is 20.1 Å². The van der Waals surface area contributed by atoms with Gasteiger partial charge in [0.1, 0.15) is 12.2 Å². The second kappa shape index (κ2) is 4.55. The fourth-order valence-corrected chi connectivity index (χ4v) is 2.15. The summed E-state index contributed by atoms with van der Waals surface area (Å²) in [6.07, 6.45) is -4.18. The number of aromatic amines is 1. The third kappa shape index (κ3) is 2.22. The van der Waals surface area contributed by atoms with Crippen molar-refractivity contribution in [3.63, 3.8) is 0 Å². The summed E-state index contributed by atoms with van der Waals surface area (Å²) in [4.78, 5) is 24.6. The van der Waals surface area contributed by atoms with E-state index in [2.05, 4.69) is 0 Å². The van der Waals surface area contributed by atoms with Gasteiger partial charge >= 0.3 is 5.69 Å². The van der Waals surface area contributed by atoms with Crippen LogP contribution >= 0.6 is 0 Å². The summed E-state index contributed by atoms with van der Waals surface area (Å²) >= 11 is 0. The molecule has 106 valence electrons. The van der Waals surface area contributed by atoms with Crippen molar-refractivity contribution >= 4 is 0 Å². The number of aliphatic hydroxyl groups excluding tert-OH is 2. The Hall–Kier alpha value is -1.51. The maximum atomic E-state index is 14.5. The van der Waals surface area contributed by atoms with Gasteiger partial charge in [-0.15, -0.1) is 0 Å². The third-order valence-electron chi connectivity index (χ3n) is 3.24. The minimum absolute atomic E-state index is 0.618. The molecule has 1 aliphatic rings. The van der Waals surface area contributed by atoms with Gasteiger partial charge in [0.15, 0.2) is 11.9 Å². The molecule has 7 nitrogen and oxygen atoms in total. The predicted molar refractivity (Wildman–Crippen MR) is 62.4 cm³/mol. The summed E-state index contributed by atoms with van der Waals surface area (Å²) in [5.74, 6) is 0. The van der Waals surface area contributed by atoms with Crippen LogP contribution in [0.15, 0.2) is 21.9 Å². The van der Waals surface area contributed by atoms with Crippen molar-refractivity contribution in [3.05, 3.63) is 33.1 Å². The number of alkyl halides is 1. The van der Waals surface area contributed by atoms with E-state index in [1.165, 1.54) is 6.92 Å². The van der Waals surface area contributed by atoms with Crippen molar-refractivity contribution in [1.29, 1.82) is 0 Å². The van der Waals surface area contributed by atoms with Crippen LogP contribution in [0.2, 0.25) is 0 Å². The first-order chi connectivity index (χ1) is 8.75. The van der Waals surface area contributed by atoms with Gasteiger partial charge in [-0.25, -0.2) is 9.18 Å². The zero-order valence-electron chi connectivity index (χ0n) is 10.4. The molecule has 0 aliphatic carbocycles. The molecule has 0 radical (unpaired) electrons. The van der Waals surface area contributed by atoms with Crippen molar-refractivity contribution in [1.82, 2.24) is 9.55 Å². The van der Waals surface area contributed by atoms with Crippen molar-refractivity contribution in [3.8, 4) is 0 Å². The number of halogens is 1. The Bertz CT molecular complexity index is 579. The molecule has 3 N–H and O–H groups in total. The molecule has 0 bridgehead atoms. The van der Waals surface area contributed by atoms with Crippen molar-refractivity contribution in [2.45, 2.75) is 44.1 Å². The highest BCUT2D eigenvalue weighted by Crippen LogP contribution is 2.41. The second-order valence-corrected chi connectivity index (χ2v) is 4.81. The summed E-state index contributed by atoms with van der Waals surface area (Å²) in [5.41, 5.74) is -3.74. The number of rotatable bonds is 2. The van der Waals surface area contributed by atoms with Crippen molar-refractivity contribution < 1.29 is 19.3 Å². The number of aromatic nitrogens is 2. The molecule has 5 atom stereocenters. The molecule has 1 saturated heterocycles. The van der Waals surface area contributed by atoms with Gasteiger partial charge in [0.05, 0.1) is 6.10 Å². The Morgan fingerprint density at radius 3 is 2.68 bits per heavy atom. The normalized spacial score (nSPS) is 36.4. The quantitative estimate of drug-likeness (QED) is 0.635. The molecule has 8 heteroatoms. The van der Waals surface area contributed by atoms with Crippen LogP contribution in [0, 0.1) is 0 Å². The van der Waals surface area contributed by atoms with Gasteiger partial charge in [0, 0.05) is 12.3 Å². The number of aliphatic hydroxyl groups is 2. The fraction of sp³-hybridized carbons (Fsp3) is 0.636. The number of hydrogen-bond acceptors (Lipinski definition) is 5. The summed E-state index contributed by atoms with van der Waals surface area (Å²) in [5, 5.41) is 19.3. The SMILES string of the molecule is CC(O)[C@H]1O[C@@H](n2ccc(=O)[nH]c2=O)[C@](C)(F)C1O. The number of ether oxygens (including phenoxy) is 1. The minimum Gasteiger partial charge on any atom is -0.391 e. The maximum absolute atomic E-state index is 14.5. The van der Waals surface area contributed by atoms with E-state index >= 15 is 0 Å². The van der Waals surface area contributed by atoms with E-state index in [0.717, 1.165) is 23.8 Å². The first kappa shape index (κ1) is 13.9. The Morgan fingerprint density at radius 1 is 1.58 bits per heavy atom. The van der Waals surface area contributed by atoms with Gasteiger partial charge in [-0.3, -0.25) is 14.3 Å². The zero-order chi connectivity index (χ0) is 14.4. The molecule has 19 heavy (non-hydrogen) atoms. The van der Waals surface area contributed by atoms with Crippen molar-refractivity contribution in [2.75, 3.05) is 0 Å². The standard InChI is InChI=1S/C11H15FN2O5/c1-5(15)7-8(17)11(2,12)9(19-7)14-4-3-6(16)13-10(14)18/h3-5,7-9,15,17H,1-2H3,(H,13,16,18)/t5?,7-,8?,9-,11-/m1/s1. The lowest BCUT2D eigenvalue weighted by Crippen LogP contribution is -2.44. The second-order valence-electron chi connectivity index (χ2n) is 4.81. The van der Waals surface area contributed by atoms with Crippen LogP contribution in [-0.4, -0.2) is 43.7 Å². The molecule has 1 aromatic heterocycles. The van der Waals surface area contributed by atoms with Crippen LogP contribution in [-0.2, 0) is 4.74 Å². The highest BCUT2D eigenvalue weighted by Gasteiger charge is 2.56. The topological polar surface area (TPSA) is 105 Å². The van der Waals surface area contributed by atoms with Gasteiger partial charge in [0.25, 0.3) is 5.56 Å². The van der Waals surface area contributed by atoms with E-state index in [9.17, 15) is 24.2 Å². The molecule has 2 unspecified atom stereocenters. The van der Waals surface area contributed by atoms with Crippen molar-refractivity contribution in [2.24, 2.45) is 0 Å². The first-order valence-electron chi connectivity index (χ1n) is 5.77. The molecule has 0 aromatic carbocycles. The Morgan fingerprint density at radius 2 is 2.21 bits per heavy atom. The van der Waals surface area contributed by atoms with Crippen LogP contribution in [0.4, 0.5) is 4.39 Å². The van der Waals surface area contributed by atoms with Crippen LogP contribution < -0.4 is 11.2 Å². The van der Waals surface area contributed by atoms with E-state index in [1.54, 1.807) is 0 Å². The summed E-state index contributed by atoms with van der Waals surface area (Å²) in [6, 6.07) is 1.04. The predicted octanol–water partition coefficient (Wildman–Crippen LogP) is -1.10. The lowest BCUT2D eigenvalue weighted by molar-refractivity contribution is -0.0826. The number of nitrogens with one attached hydrogen (secondary N) is 1. The monoisotopic (exact) mass is 274 g/mol.